The van der Waals surface area contributed by atoms with E-state index < -0.39 is 0 Å². The van der Waals surface area contributed by atoms with E-state index in [9.17, 15) is 4.79 Å². The molecule has 2 aromatic rings. The van der Waals surface area contributed by atoms with Gasteiger partial charge in [-0.05, 0) is 68.0 Å². The lowest BCUT2D eigenvalue weighted by Crippen LogP contribution is -2.30. The number of hydrogen-bond donors (Lipinski definition) is 2. The lowest BCUT2D eigenvalue weighted by Gasteiger charge is -2.19. The maximum absolute atomic E-state index is 11.3. The molecule has 0 spiro atoms. The van der Waals surface area contributed by atoms with Crippen molar-refractivity contribution in [3.05, 3.63) is 53.6 Å². The van der Waals surface area contributed by atoms with Crippen molar-refractivity contribution in [2.24, 2.45) is 0 Å². The van der Waals surface area contributed by atoms with E-state index in [1.807, 2.05) is 37.3 Å². The van der Waals surface area contributed by atoms with Crippen LogP contribution in [0.25, 0.3) is 0 Å². The number of carbonyl (C=O) groups is 1. The van der Waals surface area contributed by atoms with Crippen LogP contribution in [0.15, 0.2) is 42.5 Å². The zero-order chi connectivity index (χ0) is 18.4. The van der Waals surface area contributed by atoms with Crippen molar-refractivity contribution in [3.63, 3.8) is 0 Å². The van der Waals surface area contributed by atoms with Gasteiger partial charge in [-0.2, -0.15) is 0 Å². The molecule has 2 N–H and O–H groups in total. The van der Waals surface area contributed by atoms with Gasteiger partial charge >= 0.3 is 0 Å². The van der Waals surface area contributed by atoms with Gasteiger partial charge in [0.2, 0.25) is 0 Å². The van der Waals surface area contributed by atoms with E-state index in [1.165, 1.54) is 0 Å². The van der Waals surface area contributed by atoms with Crippen LogP contribution in [-0.4, -0.2) is 25.1 Å². The molecular formula is C19H22N2O3S. The molecule has 2 aromatic carbocycles. The molecule has 0 radical (unpaired) electrons. The summed E-state index contributed by atoms with van der Waals surface area (Å²) in [5.74, 6) is 1.39. The van der Waals surface area contributed by atoms with Crippen LogP contribution < -0.4 is 20.1 Å². The number of carbonyl (C=O) groups excluding carboxylic acids is 1. The maximum atomic E-state index is 11.3. The summed E-state index contributed by atoms with van der Waals surface area (Å²) in [5, 5.41) is 6.84. The van der Waals surface area contributed by atoms with E-state index >= 15 is 0 Å². The largest absolute Gasteiger partial charge is 0.493 e. The quantitative estimate of drug-likeness (QED) is 0.602. The number of Topliss-reactive ketones (excluding diaryl/α,β-unsaturated/α-hetero) is 1. The summed E-state index contributed by atoms with van der Waals surface area (Å²) in [5.41, 5.74) is 2.51. The van der Waals surface area contributed by atoms with E-state index in [4.69, 9.17) is 21.7 Å². The van der Waals surface area contributed by atoms with E-state index in [1.54, 1.807) is 33.3 Å². The average molecular weight is 358 g/mol. The third kappa shape index (κ3) is 4.93. The summed E-state index contributed by atoms with van der Waals surface area (Å²) >= 11 is 5.36. The summed E-state index contributed by atoms with van der Waals surface area (Å²) < 4.78 is 10.6. The number of ketones is 1. The van der Waals surface area contributed by atoms with Crippen LogP contribution in [0.2, 0.25) is 0 Å². The number of ether oxygens (including phenoxy) is 2. The van der Waals surface area contributed by atoms with E-state index in [-0.39, 0.29) is 11.8 Å². The normalized spacial score (nSPS) is 11.4. The highest BCUT2D eigenvalue weighted by Gasteiger charge is 2.11. The van der Waals surface area contributed by atoms with Gasteiger partial charge in [0, 0.05) is 11.3 Å². The van der Waals surface area contributed by atoms with Crippen molar-refractivity contribution in [2.75, 3.05) is 19.5 Å². The van der Waals surface area contributed by atoms with Gasteiger partial charge in [0.05, 0.1) is 20.3 Å². The zero-order valence-corrected chi connectivity index (χ0v) is 15.6. The molecule has 132 valence electrons. The molecule has 0 heterocycles. The number of nitrogens with one attached hydrogen (secondary N) is 2. The molecule has 0 aromatic heterocycles. The second-order valence-electron chi connectivity index (χ2n) is 5.57. The summed E-state index contributed by atoms with van der Waals surface area (Å²) in [6.07, 6.45) is 0. The molecule has 0 amide bonds. The predicted octanol–water partition coefficient (Wildman–Crippen LogP) is 3.95. The summed E-state index contributed by atoms with van der Waals surface area (Å²) in [7, 11) is 3.21. The molecule has 1 unspecified atom stereocenters. The SMILES string of the molecule is COc1ccc(C(C)NC(=S)Nc2ccc(C(C)=O)cc2)cc1OC. The first kappa shape index (κ1) is 18.7. The van der Waals surface area contributed by atoms with E-state index in [0.717, 1.165) is 11.3 Å². The minimum absolute atomic E-state index is 0.0173. The van der Waals surface area contributed by atoms with Gasteiger partial charge in [0.1, 0.15) is 0 Å². The molecule has 5 nitrogen and oxygen atoms in total. The number of thiocarbonyl (C=S) groups is 1. The highest BCUT2D eigenvalue weighted by atomic mass is 32.1. The minimum atomic E-state index is -0.0173. The van der Waals surface area contributed by atoms with Crippen molar-refractivity contribution < 1.29 is 14.3 Å². The molecule has 0 aliphatic rings. The van der Waals surface area contributed by atoms with Crippen molar-refractivity contribution in [2.45, 2.75) is 19.9 Å². The Morgan fingerprint density at radius 1 is 1.04 bits per heavy atom. The first-order valence-corrected chi connectivity index (χ1v) is 8.26. The van der Waals surface area contributed by atoms with Crippen molar-refractivity contribution in [1.29, 1.82) is 0 Å². The fraction of sp³-hybridized carbons (Fsp3) is 0.263. The van der Waals surface area contributed by atoms with Crippen LogP contribution in [0, 0.1) is 0 Å². The Morgan fingerprint density at radius 2 is 1.68 bits per heavy atom. The Kier molecular flexibility index (Phi) is 6.36. The lowest BCUT2D eigenvalue weighted by atomic mass is 10.1. The van der Waals surface area contributed by atoms with E-state index in [2.05, 4.69) is 10.6 Å². The Hall–Kier alpha value is -2.60. The van der Waals surface area contributed by atoms with Crippen LogP contribution in [-0.2, 0) is 0 Å². The highest BCUT2D eigenvalue weighted by molar-refractivity contribution is 7.80. The number of hydrogen-bond acceptors (Lipinski definition) is 4. The molecule has 1 atom stereocenters. The fourth-order valence-electron chi connectivity index (χ4n) is 2.36. The minimum Gasteiger partial charge on any atom is -0.493 e. The maximum Gasteiger partial charge on any atom is 0.171 e. The number of anilines is 1. The van der Waals surface area contributed by atoms with E-state index in [0.29, 0.717) is 22.2 Å². The van der Waals surface area contributed by atoms with Crippen LogP contribution in [0.3, 0.4) is 0 Å². The van der Waals surface area contributed by atoms with Gasteiger partial charge < -0.3 is 20.1 Å². The zero-order valence-electron chi connectivity index (χ0n) is 14.8. The second-order valence-corrected chi connectivity index (χ2v) is 5.98. The number of rotatable bonds is 6. The first-order chi connectivity index (χ1) is 11.9. The second kappa shape index (κ2) is 8.48. The Bertz CT molecular complexity index is 760. The molecular weight excluding hydrogens is 336 g/mol. The monoisotopic (exact) mass is 358 g/mol. The van der Waals surface area contributed by atoms with Crippen molar-refractivity contribution in [3.8, 4) is 11.5 Å². The molecule has 0 saturated carbocycles. The summed E-state index contributed by atoms with van der Waals surface area (Å²) in [6.45, 7) is 3.55. The smallest absolute Gasteiger partial charge is 0.171 e. The first-order valence-electron chi connectivity index (χ1n) is 7.85. The molecule has 0 aliphatic heterocycles. The average Bonchev–Trinajstić information content (AvgIpc) is 2.61. The number of benzene rings is 2. The number of methoxy groups -OCH3 is 2. The fourth-order valence-corrected chi connectivity index (χ4v) is 2.65. The van der Waals surface area contributed by atoms with Crippen molar-refractivity contribution >= 4 is 28.8 Å². The Labute approximate surface area is 153 Å². The summed E-state index contributed by atoms with van der Waals surface area (Å²) in [4.78, 5) is 11.3. The highest BCUT2D eigenvalue weighted by Crippen LogP contribution is 2.29. The predicted molar refractivity (Wildman–Crippen MR) is 104 cm³/mol. The third-order valence-electron chi connectivity index (χ3n) is 3.80. The lowest BCUT2D eigenvalue weighted by molar-refractivity contribution is 0.101. The van der Waals surface area contributed by atoms with Crippen LogP contribution in [0.4, 0.5) is 5.69 Å². The van der Waals surface area contributed by atoms with Gasteiger partial charge in [-0.3, -0.25) is 4.79 Å². The van der Waals surface area contributed by atoms with Gasteiger partial charge in [-0.1, -0.05) is 6.07 Å². The molecule has 0 saturated heterocycles. The standard InChI is InChI=1S/C19H22N2O3S/c1-12(15-7-10-17(23-3)18(11-15)24-4)20-19(25)21-16-8-5-14(6-9-16)13(2)22/h5-12H,1-4H3,(H2,20,21,25). The molecule has 6 heteroatoms. The molecule has 2 rings (SSSR count). The Balaban J connectivity index is 2.01. The van der Waals surface area contributed by atoms with Crippen molar-refractivity contribution in [1.82, 2.24) is 5.32 Å². The van der Waals surface area contributed by atoms with Crippen LogP contribution in [0.5, 0.6) is 11.5 Å². The van der Waals surface area contributed by atoms with Gasteiger partial charge in [0.15, 0.2) is 22.4 Å². The molecule has 0 bridgehead atoms. The van der Waals surface area contributed by atoms with Gasteiger partial charge in [0.25, 0.3) is 0 Å². The third-order valence-corrected chi connectivity index (χ3v) is 4.02. The van der Waals surface area contributed by atoms with Gasteiger partial charge in [-0.15, -0.1) is 0 Å². The molecule has 25 heavy (non-hydrogen) atoms. The van der Waals surface area contributed by atoms with Gasteiger partial charge in [-0.25, -0.2) is 0 Å². The molecule has 0 fully saturated rings. The molecule has 0 aliphatic carbocycles. The summed E-state index contributed by atoms with van der Waals surface area (Å²) in [6, 6.07) is 12.9. The topological polar surface area (TPSA) is 59.6 Å². The van der Waals surface area contributed by atoms with Crippen LogP contribution >= 0.6 is 12.2 Å². The van der Waals surface area contributed by atoms with Crippen LogP contribution in [0.1, 0.15) is 35.8 Å². The Morgan fingerprint density at radius 3 is 2.24 bits per heavy atom.